The van der Waals surface area contributed by atoms with Crippen LogP contribution in [-0.2, 0) is 10.0 Å². The SMILES string of the molecule is COc1ccc(-c2ccccc2)cc1NS(=O)(=O)c1cc(C(=O)N2CCC2)cc(Cl)c1O. The monoisotopic (exact) mass is 472 g/mol. The number of hydrogen-bond acceptors (Lipinski definition) is 5. The van der Waals surface area contributed by atoms with Crippen molar-refractivity contribution >= 4 is 33.2 Å². The standard InChI is InChI=1S/C23H21ClN2O5S/c1-31-20-9-8-16(15-6-3-2-4-7-15)13-19(20)25-32(29,30)21-14-17(12-18(24)22(21)27)23(28)26-10-5-11-26/h2-4,6-9,12-14,25,27H,5,10-11H2,1H3. The van der Waals surface area contributed by atoms with Gasteiger partial charge in [0.25, 0.3) is 15.9 Å². The highest BCUT2D eigenvalue weighted by molar-refractivity contribution is 7.92. The molecule has 2 N–H and O–H groups in total. The van der Waals surface area contributed by atoms with E-state index in [1.807, 2.05) is 36.4 Å². The molecule has 0 aromatic heterocycles. The van der Waals surface area contributed by atoms with Gasteiger partial charge in [-0.05, 0) is 41.8 Å². The van der Waals surface area contributed by atoms with E-state index in [0.717, 1.165) is 23.6 Å². The fraction of sp³-hybridized carbons (Fsp3) is 0.174. The number of phenolic OH excluding ortho intramolecular Hbond substituents is 1. The molecule has 1 fully saturated rings. The summed E-state index contributed by atoms with van der Waals surface area (Å²) < 4.78 is 34.2. The van der Waals surface area contributed by atoms with Gasteiger partial charge in [0.15, 0.2) is 5.75 Å². The zero-order valence-electron chi connectivity index (χ0n) is 17.2. The number of carbonyl (C=O) groups excluding carboxylic acids is 1. The number of aromatic hydroxyl groups is 1. The van der Waals surface area contributed by atoms with Crippen molar-refractivity contribution < 1.29 is 23.1 Å². The summed E-state index contributed by atoms with van der Waals surface area (Å²) in [6.45, 7) is 1.20. The number of benzene rings is 3. The second kappa shape index (κ2) is 8.72. The molecule has 3 aromatic carbocycles. The number of carbonyl (C=O) groups is 1. The highest BCUT2D eigenvalue weighted by Crippen LogP contribution is 2.37. The van der Waals surface area contributed by atoms with Crippen LogP contribution in [0.2, 0.25) is 5.02 Å². The maximum absolute atomic E-state index is 13.2. The van der Waals surface area contributed by atoms with Crippen LogP contribution in [0, 0.1) is 0 Å². The average molecular weight is 473 g/mol. The predicted molar refractivity (Wildman–Crippen MR) is 123 cm³/mol. The van der Waals surface area contributed by atoms with Gasteiger partial charge in [-0.3, -0.25) is 9.52 Å². The lowest BCUT2D eigenvalue weighted by molar-refractivity contribution is 0.0651. The number of nitrogens with one attached hydrogen (secondary N) is 1. The van der Waals surface area contributed by atoms with Crippen molar-refractivity contribution in [1.82, 2.24) is 4.90 Å². The van der Waals surface area contributed by atoms with Crippen molar-refractivity contribution in [2.75, 3.05) is 24.9 Å². The van der Waals surface area contributed by atoms with Crippen molar-refractivity contribution in [2.24, 2.45) is 0 Å². The minimum absolute atomic E-state index is 0.0953. The molecule has 0 saturated carbocycles. The van der Waals surface area contributed by atoms with Crippen LogP contribution in [-0.4, -0.2) is 44.5 Å². The minimum Gasteiger partial charge on any atom is -0.505 e. The van der Waals surface area contributed by atoms with Gasteiger partial charge in [-0.2, -0.15) is 0 Å². The van der Waals surface area contributed by atoms with E-state index < -0.39 is 20.7 Å². The first-order chi connectivity index (χ1) is 15.3. The summed E-state index contributed by atoms with van der Waals surface area (Å²) in [6, 6.07) is 17.0. The Morgan fingerprint density at radius 1 is 1.06 bits per heavy atom. The van der Waals surface area contributed by atoms with Crippen LogP contribution in [0.15, 0.2) is 65.6 Å². The van der Waals surface area contributed by atoms with E-state index in [1.54, 1.807) is 17.0 Å². The lowest BCUT2D eigenvalue weighted by Gasteiger charge is -2.31. The van der Waals surface area contributed by atoms with Gasteiger partial charge in [0.05, 0.1) is 17.8 Å². The van der Waals surface area contributed by atoms with Crippen LogP contribution < -0.4 is 9.46 Å². The van der Waals surface area contributed by atoms with E-state index >= 15 is 0 Å². The molecule has 166 valence electrons. The number of amides is 1. The normalized spacial score (nSPS) is 13.4. The Morgan fingerprint density at radius 3 is 2.41 bits per heavy atom. The first-order valence-electron chi connectivity index (χ1n) is 9.88. The van der Waals surface area contributed by atoms with E-state index in [2.05, 4.69) is 4.72 Å². The van der Waals surface area contributed by atoms with Crippen molar-refractivity contribution in [3.8, 4) is 22.6 Å². The second-order valence-corrected chi connectivity index (χ2v) is 9.40. The third-order valence-corrected chi connectivity index (χ3v) is 6.93. The molecule has 4 rings (SSSR count). The second-order valence-electron chi connectivity index (χ2n) is 7.34. The summed E-state index contributed by atoms with van der Waals surface area (Å²) in [6.07, 6.45) is 0.891. The molecule has 3 aromatic rings. The van der Waals surface area contributed by atoms with Crippen LogP contribution in [0.4, 0.5) is 5.69 Å². The lowest BCUT2D eigenvalue weighted by Crippen LogP contribution is -2.42. The summed E-state index contributed by atoms with van der Waals surface area (Å²) >= 11 is 6.06. The molecule has 0 atom stereocenters. The molecule has 1 saturated heterocycles. The molecule has 32 heavy (non-hydrogen) atoms. The van der Waals surface area contributed by atoms with E-state index in [9.17, 15) is 18.3 Å². The first kappa shape index (κ1) is 22.0. The van der Waals surface area contributed by atoms with E-state index in [0.29, 0.717) is 18.8 Å². The summed E-state index contributed by atoms with van der Waals surface area (Å²) in [7, 11) is -2.88. The number of ether oxygens (including phenoxy) is 1. The summed E-state index contributed by atoms with van der Waals surface area (Å²) in [4.78, 5) is 13.7. The number of sulfonamides is 1. The molecule has 1 aliphatic rings. The van der Waals surface area contributed by atoms with E-state index in [-0.39, 0.29) is 22.2 Å². The average Bonchev–Trinajstić information content (AvgIpc) is 2.74. The summed E-state index contributed by atoms with van der Waals surface area (Å²) in [5.41, 5.74) is 1.94. The highest BCUT2D eigenvalue weighted by atomic mass is 35.5. The Bertz CT molecular complexity index is 1280. The lowest BCUT2D eigenvalue weighted by atomic mass is 10.1. The predicted octanol–water partition coefficient (Wildman–Crippen LogP) is 4.37. The van der Waals surface area contributed by atoms with Crippen LogP contribution in [0.5, 0.6) is 11.5 Å². The Labute approximate surface area is 191 Å². The van der Waals surface area contributed by atoms with Gasteiger partial charge in [-0.15, -0.1) is 0 Å². The molecule has 0 aliphatic carbocycles. The molecular weight excluding hydrogens is 452 g/mol. The van der Waals surface area contributed by atoms with Gasteiger partial charge >= 0.3 is 0 Å². The fourth-order valence-electron chi connectivity index (χ4n) is 3.40. The Balaban J connectivity index is 1.73. The van der Waals surface area contributed by atoms with Crippen LogP contribution in [0.25, 0.3) is 11.1 Å². The molecule has 1 heterocycles. The first-order valence-corrected chi connectivity index (χ1v) is 11.7. The number of hydrogen-bond donors (Lipinski definition) is 2. The van der Waals surface area contributed by atoms with Gasteiger partial charge in [0.1, 0.15) is 10.6 Å². The van der Waals surface area contributed by atoms with Gasteiger partial charge in [-0.25, -0.2) is 8.42 Å². The maximum Gasteiger partial charge on any atom is 0.265 e. The fourth-order valence-corrected chi connectivity index (χ4v) is 4.88. The third kappa shape index (κ3) is 4.24. The van der Waals surface area contributed by atoms with Gasteiger partial charge < -0.3 is 14.7 Å². The number of nitrogens with zero attached hydrogens (tertiary/aromatic N) is 1. The summed E-state index contributed by atoms with van der Waals surface area (Å²) in [5, 5.41) is 10.2. The smallest absolute Gasteiger partial charge is 0.265 e. The molecule has 0 spiro atoms. The van der Waals surface area contributed by atoms with Crippen molar-refractivity contribution in [1.29, 1.82) is 0 Å². The van der Waals surface area contributed by atoms with Gasteiger partial charge in [0, 0.05) is 18.7 Å². The zero-order valence-corrected chi connectivity index (χ0v) is 18.8. The molecule has 0 unspecified atom stereocenters. The largest absolute Gasteiger partial charge is 0.505 e. The number of methoxy groups -OCH3 is 1. The quantitative estimate of drug-likeness (QED) is 0.555. The van der Waals surface area contributed by atoms with Crippen molar-refractivity contribution in [2.45, 2.75) is 11.3 Å². The van der Waals surface area contributed by atoms with Gasteiger partial charge in [0.2, 0.25) is 0 Å². The Kier molecular flexibility index (Phi) is 5.99. The van der Waals surface area contributed by atoms with Gasteiger partial charge in [-0.1, -0.05) is 48.0 Å². The number of likely N-dealkylation sites (tertiary alicyclic amines) is 1. The molecule has 0 radical (unpaired) electrons. The zero-order chi connectivity index (χ0) is 22.9. The third-order valence-electron chi connectivity index (χ3n) is 5.26. The molecule has 1 aliphatic heterocycles. The van der Waals surface area contributed by atoms with Crippen LogP contribution >= 0.6 is 11.6 Å². The molecule has 1 amide bonds. The molecule has 0 bridgehead atoms. The molecule has 9 heteroatoms. The summed E-state index contributed by atoms with van der Waals surface area (Å²) in [5.74, 6) is -0.664. The van der Waals surface area contributed by atoms with Crippen LogP contribution in [0.3, 0.4) is 0 Å². The Hall–Kier alpha value is -3.23. The molecular formula is C23H21ClN2O5S. The van der Waals surface area contributed by atoms with Crippen molar-refractivity contribution in [3.63, 3.8) is 0 Å². The Morgan fingerprint density at radius 2 is 1.78 bits per heavy atom. The molecule has 7 nitrogen and oxygen atoms in total. The topological polar surface area (TPSA) is 95.9 Å². The highest BCUT2D eigenvalue weighted by Gasteiger charge is 2.28. The van der Waals surface area contributed by atoms with Crippen LogP contribution in [0.1, 0.15) is 16.8 Å². The maximum atomic E-state index is 13.2. The van der Waals surface area contributed by atoms with E-state index in [1.165, 1.54) is 13.2 Å². The minimum atomic E-state index is -4.30. The number of anilines is 1. The van der Waals surface area contributed by atoms with E-state index in [4.69, 9.17) is 16.3 Å². The van der Waals surface area contributed by atoms with Crippen molar-refractivity contribution in [3.05, 3.63) is 71.2 Å². The number of rotatable bonds is 6. The number of halogens is 1. The number of phenols is 1.